The number of fused-ring (bicyclic) bond motifs is 7. The molecule has 0 atom stereocenters. The molecule has 0 aliphatic heterocycles. The zero-order valence-electron chi connectivity index (χ0n) is 17.4. The fourth-order valence-electron chi connectivity index (χ4n) is 5.11. The van der Waals surface area contributed by atoms with Crippen molar-refractivity contribution >= 4 is 43.6 Å². The van der Waals surface area contributed by atoms with E-state index in [1.807, 2.05) is 0 Å². The van der Waals surface area contributed by atoms with Gasteiger partial charge in [-0.1, -0.05) is 84.9 Å². The Hall–Kier alpha value is -4.30. The molecule has 2 nitrogen and oxygen atoms in total. The van der Waals surface area contributed by atoms with Crippen molar-refractivity contribution in [3.63, 3.8) is 0 Å². The highest BCUT2D eigenvalue weighted by Crippen LogP contribution is 2.39. The Kier molecular flexibility index (Phi) is 3.58. The van der Waals surface area contributed by atoms with Crippen LogP contribution in [0.4, 0.5) is 0 Å². The first kappa shape index (κ1) is 17.4. The zero-order valence-corrected chi connectivity index (χ0v) is 17.4. The molecule has 0 aliphatic carbocycles. The molecular weight excluding hydrogens is 388 g/mol. The Morgan fingerprint density at radius 2 is 1.25 bits per heavy atom. The number of nitrogens with zero attached hydrogens (tertiary/aromatic N) is 1. The number of hydrogen-bond acceptors (Lipinski definition) is 0. The van der Waals surface area contributed by atoms with Crippen LogP contribution in [-0.4, -0.2) is 9.55 Å². The minimum absolute atomic E-state index is 1.17. The lowest BCUT2D eigenvalue weighted by Crippen LogP contribution is -1.94. The Bertz CT molecular complexity index is 1770. The van der Waals surface area contributed by atoms with E-state index in [0.29, 0.717) is 0 Å². The predicted molar refractivity (Wildman–Crippen MR) is 136 cm³/mol. The van der Waals surface area contributed by atoms with Crippen LogP contribution in [0.15, 0.2) is 115 Å². The molecule has 7 aromatic rings. The van der Waals surface area contributed by atoms with Crippen LogP contribution in [0.5, 0.6) is 0 Å². The number of rotatable bonds is 2. The summed E-state index contributed by atoms with van der Waals surface area (Å²) in [5, 5.41) is 5.09. The number of aromatic amines is 1. The monoisotopic (exact) mass is 408 g/mol. The van der Waals surface area contributed by atoms with Gasteiger partial charge in [0, 0.05) is 32.7 Å². The summed E-state index contributed by atoms with van der Waals surface area (Å²) in [4.78, 5) is 3.70. The van der Waals surface area contributed by atoms with Crippen LogP contribution in [0.1, 0.15) is 0 Å². The van der Waals surface area contributed by atoms with E-state index in [2.05, 4.69) is 125 Å². The highest BCUT2D eigenvalue weighted by molar-refractivity contribution is 6.25. The molecule has 0 radical (unpaired) electrons. The van der Waals surface area contributed by atoms with E-state index >= 15 is 0 Å². The second-order valence-electron chi connectivity index (χ2n) is 8.32. The molecule has 5 aromatic carbocycles. The Labute approximate surface area is 185 Å². The van der Waals surface area contributed by atoms with Crippen molar-refractivity contribution in [2.24, 2.45) is 0 Å². The van der Waals surface area contributed by atoms with E-state index in [4.69, 9.17) is 0 Å². The molecule has 1 N–H and O–H groups in total. The summed E-state index contributed by atoms with van der Waals surface area (Å²) in [6.45, 7) is 0. The fraction of sp³-hybridized carbons (Fsp3) is 0. The highest BCUT2D eigenvalue weighted by atomic mass is 15.0. The molecular formula is C30H20N2. The molecule has 0 bridgehead atoms. The number of hydrogen-bond donors (Lipinski definition) is 1. The highest BCUT2D eigenvalue weighted by Gasteiger charge is 2.17. The second-order valence-corrected chi connectivity index (χ2v) is 8.32. The van der Waals surface area contributed by atoms with Crippen LogP contribution in [0.3, 0.4) is 0 Å². The van der Waals surface area contributed by atoms with E-state index in [-0.39, 0.29) is 0 Å². The first-order valence-electron chi connectivity index (χ1n) is 11.0. The van der Waals surface area contributed by atoms with E-state index in [9.17, 15) is 0 Å². The van der Waals surface area contributed by atoms with Crippen LogP contribution < -0.4 is 0 Å². The van der Waals surface area contributed by atoms with Crippen LogP contribution in [0, 0.1) is 0 Å². The number of aromatic nitrogens is 2. The minimum Gasteiger partial charge on any atom is -0.354 e. The average molecular weight is 409 g/mol. The molecule has 0 aliphatic rings. The van der Waals surface area contributed by atoms with Gasteiger partial charge in [-0.3, -0.25) is 0 Å². The quantitative estimate of drug-likeness (QED) is 0.298. The van der Waals surface area contributed by atoms with Gasteiger partial charge in [-0.05, 0) is 41.5 Å². The number of para-hydroxylation sites is 2. The molecule has 0 fully saturated rings. The van der Waals surface area contributed by atoms with Gasteiger partial charge in [0.1, 0.15) is 0 Å². The van der Waals surface area contributed by atoms with Gasteiger partial charge < -0.3 is 9.55 Å². The molecule has 2 heteroatoms. The van der Waals surface area contributed by atoms with Crippen molar-refractivity contribution in [1.82, 2.24) is 9.55 Å². The van der Waals surface area contributed by atoms with Gasteiger partial charge in [-0.25, -0.2) is 0 Å². The Morgan fingerprint density at radius 1 is 0.500 bits per heavy atom. The summed E-state index contributed by atoms with van der Waals surface area (Å²) in [6.07, 6.45) is 0. The van der Waals surface area contributed by atoms with E-state index in [0.717, 1.165) is 0 Å². The van der Waals surface area contributed by atoms with Crippen LogP contribution in [0.2, 0.25) is 0 Å². The van der Waals surface area contributed by atoms with Crippen molar-refractivity contribution in [3.05, 3.63) is 115 Å². The normalized spacial score (nSPS) is 11.8. The van der Waals surface area contributed by atoms with Crippen molar-refractivity contribution in [2.45, 2.75) is 0 Å². The third-order valence-corrected chi connectivity index (χ3v) is 6.53. The SMILES string of the molecule is c1ccc(-c2cccc(-n3c4ccccc4c4c5[nH]c6ccccc6c5ccc43)c2)cc1. The van der Waals surface area contributed by atoms with Crippen molar-refractivity contribution < 1.29 is 0 Å². The maximum atomic E-state index is 3.70. The van der Waals surface area contributed by atoms with Crippen LogP contribution >= 0.6 is 0 Å². The molecule has 2 aromatic heterocycles. The standard InChI is InChI=1S/C30H20N2/c1-2-9-20(10-3-1)21-11-8-12-22(19-21)32-27-16-7-5-14-25(27)29-28(32)18-17-24-23-13-4-6-15-26(23)31-30(24)29/h1-19,31H. The number of nitrogens with one attached hydrogen (secondary N) is 1. The Morgan fingerprint density at radius 3 is 2.16 bits per heavy atom. The lowest BCUT2D eigenvalue weighted by Gasteiger charge is -2.10. The molecule has 2 heterocycles. The lowest BCUT2D eigenvalue weighted by molar-refractivity contribution is 1.18. The van der Waals surface area contributed by atoms with Gasteiger partial charge >= 0.3 is 0 Å². The molecule has 32 heavy (non-hydrogen) atoms. The summed E-state index contributed by atoms with van der Waals surface area (Å²) in [6, 6.07) is 41.2. The lowest BCUT2D eigenvalue weighted by atomic mass is 10.1. The van der Waals surface area contributed by atoms with Crippen LogP contribution in [-0.2, 0) is 0 Å². The van der Waals surface area contributed by atoms with Gasteiger partial charge in [0.2, 0.25) is 0 Å². The maximum Gasteiger partial charge on any atom is 0.0566 e. The topological polar surface area (TPSA) is 20.7 Å². The molecule has 0 unspecified atom stereocenters. The largest absolute Gasteiger partial charge is 0.354 e. The first-order chi connectivity index (χ1) is 15.9. The Balaban J connectivity index is 1.59. The predicted octanol–water partition coefficient (Wildman–Crippen LogP) is 8.09. The molecule has 150 valence electrons. The molecule has 0 saturated heterocycles. The van der Waals surface area contributed by atoms with Gasteiger partial charge in [0.25, 0.3) is 0 Å². The third kappa shape index (κ3) is 2.41. The summed E-state index contributed by atoms with van der Waals surface area (Å²) < 4.78 is 2.39. The molecule has 0 spiro atoms. The van der Waals surface area contributed by atoms with Crippen molar-refractivity contribution in [3.8, 4) is 16.8 Å². The third-order valence-electron chi connectivity index (χ3n) is 6.53. The molecule has 7 rings (SSSR count). The van der Waals surface area contributed by atoms with Gasteiger partial charge in [-0.15, -0.1) is 0 Å². The van der Waals surface area contributed by atoms with Gasteiger partial charge in [-0.2, -0.15) is 0 Å². The van der Waals surface area contributed by atoms with Crippen molar-refractivity contribution in [1.29, 1.82) is 0 Å². The second kappa shape index (κ2) is 6.60. The van der Waals surface area contributed by atoms with E-state index in [1.165, 1.54) is 60.4 Å². The van der Waals surface area contributed by atoms with Gasteiger partial charge in [0.05, 0.1) is 16.6 Å². The van der Waals surface area contributed by atoms with Crippen LogP contribution in [0.25, 0.3) is 60.4 Å². The summed E-state index contributed by atoms with van der Waals surface area (Å²) in [7, 11) is 0. The molecule has 0 amide bonds. The number of benzene rings is 5. The fourth-order valence-corrected chi connectivity index (χ4v) is 5.11. The van der Waals surface area contributed by atoms with E-state index < -0.39 is 0 Å². The smallest absolute Gasteiger partial charge is 0.0566 e. The zero-order chi connectivity index (χ0) is 21.1. The molecule has 0 saturated carbocycles. The summed E-state index contributed by atoms with van der Waals surface area (Å²) in [5.41, 5.74) is 8.45. The van der Waals surface area contributed by atoms with E-state index in [1.54, 1.807) is 0 Å². The maximum absolute atomic E-state index is 3.70. The van der Waals surface area contributed by atoms with Crippen molar-refractivity contribution in [2.75, 3.05) is 0 Å². The number of H-pyrrole nitrogens is 1. The average Bonchev–Trinajstić information content (AvgIpc) is 3.40. The first-order valence-corrected chi connectivity index (χ1v) is 11.0. The summed E-state index contributed by atoms with van der Waals surface area (Å²) in [5.74, 6) is 0. The summed E-state index contributed by atoms with van der Waals surface area (Å²) >= 11 is 0. The van der Waals surface area contributed by atoms with Gasteiger partial charge in [0.15, 0.2) is 0 Å². The minimum atomic E-state index is 1.17.